The van der Waals surface area contributed by atoms with Gasteiger partial charge in [-0.1, -0.05) is 35.9 Å². The van der Waals surface area contributed by atoms with E-state index in [-0.39, 0.29) is 28.6 Å². The van der Waals surface area contributed by atoms with E-state index in [0.717, 1.165) is 0 Å². The molecule has 2 aromatic carbocycles. The van der Waals surface area contributed by atoms with E-state index in [1.807, 2.05) is 0 Å². The zero-order chi connectivity index (χ0) is 15.4. The van der Waals surface area contributed by atoms with Gasteiger partial charge in [0.2, 0.25) is 5.75 Å². The number of halogens is 1. The van der Waals surface area contributed by atoms with E-state index in [4.69, 9.17) is 21.4 Å². The molecule has 0 aliphatic heterocycles. The highest BCUT2D eigenvalue weighted by molar-refractivity contribution is 6.32. The summed E-state index contributed by atoms with van der Waals surface area (Å²) in [5.41, 5.74) is 0.0589. The summed E-state index contributed by atoms with van der Waals surface area (Å²) in [6.45, 7) is 0. The Morgan fingerprint density at radius 2 is 1.86 bits per heavy atom. The molecular weight excluding hydrogens is 298 g/mol. The van der Waals surface area contributed by atoms with Crippen molar-refractivity contribution in [2.75, 3.05) is 0 Å². The van der Waals surface area contributed by atoms with E-state index in [2.05, 4.69) is 0 Å². The van der Waals surface area contributed by atoms with Crippen molar-refractivity contribution >= 4 is 23.3 Å². The quantitative estimate of drug-likeness (QED) is 0.672. The number of benzene rings is 2. The smallest absolute Gasteiger partial charge is 0.329 e. The molecular formula is C14H10ClNO5. The molecule has 2 rings (SSSR count). The van der Waals surface area contributed by atoms with Crippen LogP contribution >= 0.6 is 11.6 Å². The van der Waals surface area contributed by atoms with Gasteiger partial charge in [-0.25, -0.2) is 0 Å². The number of carboxylic acids is 1. The van der Waals surface area contributed by atoms with Gasteiger partial charge < -0.3 is 9.84 Å². The number of nitrogens with zero attached hydrogens (tertiary/aromatic N) is 1. The van der Waals surface area contributed by atoms with Crippen LogP contribution in [-0.4, -0.2) is 16.0 Å². The van der Waals surface area contributed by atoms with E-state index >= 15 is 0 Å². The standard InChI is InChI=1S/C14H10ClNO5/c15-10-5-3-7-12(14(10)16(19)20)21-11-6-2-1-4-9(11)8-13(17)18/h1-7H,8H2,(H,17,18). The van der Waals surface area contributed by atoms with Crippen molar-refractivity contribution in [2.45, 2.75) is 6.42 Å². The molecule has 0 atom stereocenters. The Kier molecular flexibility index (Phi) is 4.39. The summed E-state index contributed by atoms with van der Waals surface area (Å²) in [7, 11) is 0. The first kappa shape index (κ1) is 14.8. The molecule has 21 heavy (non-hydrogen) atoms. The monoisotopic (exact) mass is 307 g/mol. The summed E-state index contributed by atoms with van der Waals surface area (Å²) < 4.78 is 5.49. The molecule has 0 heterocycles. The maximum Gasteiger partial charge on any atom is 0.329 e. The molecule has 0 saturated heterocycles. The first-order chi connectivity index (χ1) is 9.99. The minimum absolute atomic E-state index is 0.0367. The molecule has 0 bridgehead atoms. The number of nitro benzene ring substituents is 1. The number of hydrogen-bond acceptors (Lipinski definition) is 4. The number of nitro groups is 1. The van der Waals surface area contributed by atoms with E-state index in [1.165, 1.54) is 18.2 Å². The third-order valence-electron chi connectivity index (χ3n) is 2.67. The van der Waals surface area contributed by atoms with Gasteiger partial charge in [0.1, 0.15) is 10.8 Å². The number of ether oxygens (including phenoxy) is 1. The SMILES string of the molecule is O=C(O)Cc1ccccc1Oc1cccc(Cl)c1[N+](=O)[O-]. The van der Waals surface area contributed by atoms with Crippen LogP contribution in [-0.2, 0) is 11.2 Å². The van der Waals surface area contributed by atoms with E-state index < -0.39 is 10.9 Å². The van der Waals surface area contributed by atoms with Crippen molar-refractivity contribution in [3.8, 4) is 11.5 Å². The Bertz CT molecular complexity index is 702. The van der Waals surface area contributed by atoms with Gasteiger partial charge in [0.15, 0.2) is 0 Å². The van der Waals surface area contributed by atoms with Gasteiger partial charge in [0, 0.05) is 5.56 Å². The summed E-state index contributed by atoms with van der Waals surface area (Å²) in [4.78, 5) is 21.2. The highest BCUT2D eigenvalue weighted by Crippen LogP contribution is 2.37. The fraction of sp³-hybridized carbons (Fsp3) is 0.0714. The number of aliphatic carboxylic acids is 1. The minimum atomic E-state index is -1.02. The van der Waals surface area contributed by atoms with Gasteiger partial charge in [-0.15, -0.1) is 0 Å². The number of rotatable bonds is 5. The largest absolute Gasteiger partial charge is 0.481 e. The van der Waals surface area contributed by atoms with Crippen molar-refractivity contribution in [2.24, 2.45) is 0 Å². The molecule has 0 aromatic heterocycles. The summed E-state index contributed by atoms with van der Waals surface area (Å²) >= 11 is 5.80. The lowest BCUT2D eigenvalue weighted by Crippen LogP contribution is -2.02. The molecule has 2 aromatic rings. The van der Waals surface area contributed by atoms with E-state index in [0.29, 0.717) is 5.56 Å². The van der Waals surface area contributed by atoms with Gasteiger partial charge >= 0.3 is 11.7 Å². The maximum atomic E-state index is 11.0. The zero-order valence-electron chi connectivity index (χ0n) is 10.7. The van der Waals surface area contributed by atoms with Gasteiger partial charge in [0.25, 0.3) is 0 Å². The summed E-state index contributed by atoms with van der Waals surface area (Å²) in [6.07, 6.45) is -0.245. The molecule has 108 valence electrons. The second-order valence-corrected chi connectivity index (χ2v) is 4.53. The van der Waals surface area contributed by atoms with Crippen LogP contribution in [0.1, 0.15) is 5.56 Å². The number of carbonyl (C=O) groups is 1. The fourth-order valence-electron chi connectivity index (χ4n) is 1.79. The zero-order valence-corrected chi connectivity index (χ0v) is 11.4. The lowest BCUT2D eigenvalue weighted by atomic mass is 10.1. The van der Waals surface area contributed by atoms with Crippen molar-refractivity contribution < 1.29 is 19.6 Å². The third-order valence-corrected chi connectivity index (χ3v) is 2.97. The number of para-hydroxylation sites is 2. The average molecular weight is 308 g/mol. The molecule has 0 aliphatic carbocycles. The van der Waals surface area contributed by atoms with Gasteiger partial charge in [-0.3, -0.25) is 14.9 Å². The normalized spacial score (nSPS) is 10.1. The Labute approximate surface area is 124 Å². The molecule has 1 N–H and O–H groups in total. The Balaban J connectivity index is 2.42. The van der Waals surface area contributed by atoms with Crippen LogP contribution < -0.4 is 4.74 Å². The van der Waals surface area contributed by atoms with Gasteiger partial charge in [0.05, 0.1) is 11.3 Å². The number of hydrogen-bond donors (Lipinski definition) is 1. The molecule has 0 radical (unpaired) electrons. The Morgan fingerprint density at radius 3 is 2.52 bits per heavy atom. The first-order valence-electron chi connectivity index (χ1n) is 5.89. The molecule has 7 heteroatoms. The van der Waals surface area contributed by atoms with Crippen LogP contribution in [0.3, 0.4) is 0 Å². The minimum Gasteiger partial charge on any atom is -0.481 e. The van der Waals surface area contributed by atoms with Crippen molar-refractivity contribution in [3.63, 3.8) is 0 Å². The summed E-state index contributed by atoms with van der Waals surface area (Å²) in [5, 5.41) is 19.9. The Hall–Kier alpha value is -2.60. The molecule has 0 saturated carbocycles. The van der Waals surface area contributed by atoms with E-state index in [1.54, 1.807) is 24.3 Å². The van der Waals surface area contributed by atoms with Crippen LogP contribution in [0.2, 0.25) is 5.02 Å². The fourth-order valence-corrected chi connectivity index (χ4v) is 2.02. The van der Waals surface area contributed by atoms with Crippen molar-refractivity contribution in [3.05, 3.63) is 63.2 Å². The third kappa shape index (κ3) is 3.49. The van der Waals surface area contributed by atoms with E-state index in [9.17, 15) is 14.9 Å². The van der Waals surface area contributed by atoms with Crippen LogP contribution in [0.4, 0.5) is 5.69 Å². The summed E-state index contributed by atoms with van der Waals surface area (Å²) in [6, 6.07) is 10.7. The van der Waals surface area contributed by atoms with Crippen LogP contribution in [0.5, 0.6) is 11.5 Å². The van der Waals surface area contributed by atoms with Crippen LogP contribution in [0.15, 0.2) is 42.5 Å². The predicted octanol–water partition coefficient (Wildman–Crippen LogP) is 3.67. The topological polar surface area (TPSA) is 89.7 Å². The Morgan fingerprint density at radius 1 is 1.19 bits per heavy atom. The molecule has 0 aliphatic rings. The first-order valence-corrected chi connectivity index (χ1v) is 6.27. The molecule has 0 fully saturated rings. The van der Waals surface area contributed by atoms with Crippen molar-refractivity contribution in [1.82, 2.24) is 0 Å². The lowest BCUT2D eigenvalue weighted by Gasteiger charge is -2.10. The molecule has 0 unspecified atom stereocenters. The molecule has 6 nitrogen and oxygen atoms in total. The second kappa shape index (κ2) is 6.23. The maximum absolute atomic E-state index is 11.0. The molecule has 0 amide bonds. The second-order valence-electron chi connectivity index (χ2n) is 4.12. The highest BCUT2D eigenvalue weighted by atomic mass is 35.5. The predicted molar refractivity (Wildman–Crippen MR) is 76.0 cm³/mol. The lowest BCUT2D eigenvalue weighted by molar-refractivity contribution is -0.385. The van der Waals surface area contributed by atoms with Gasteiger partial charge in [-0.2, -0.15) is 0 Å². The summed E-state index contributed by atoms with van der Waals surface area (Å²) in [5.74, 6) is -0.817. The van der Waals surface area contributed by atoms with Crippen LogP contribution in [0.25, 0.3) is 0 Å². The number of carboxylic acid groups (broad SMARTS) is 1. The highest BCUT2D eigenvalue weighted by Gasteiger charge is 2.21. The van der Waals surface area contributed by atoms with Gasteiger partial charge in [-0.05, 0) is 18.2 Å². The average Bonchev–Trinajstić information content (AvgIpc) is 2.40. The molecule has 0 spiro atoms. The van der Waals surface area contributed by atoms with Crippen LogP contribution in [0, 0.1) is 10.1 Å². The van der Waals surface area contributed by atoms with Crippen molar-refractivity contribution in [1.29, 1.82) is 0 Å².